The van der Waals surface area contributed by atoms with Gasteiger partial charge in [0, 0.05) is 33.6 Å². The molecule has 2 aliphatic heterocycles. The first-order valence-corrected chi connectivity index (χ1v) is 11.9. The van der Waals surface area contributed by atoms with E-state index in [1.807, 2.05) is 54.6 Å². The van der Waals surface area contributed by atoms with Gasteiger partial charge in [0.25, 0.3) is 0 Å². The van der Waals surface area contributed by atoms with Crippen molar-refractivity contribution in [2.45, 2.75) is 9.79 Å². The number of nitrogens with one attached hydrogen (secondary N) is 2. The summed E-state index contributed by atoms with van der Waals surface area (Å²) in [6, 6.07) is 21.6. The van der Waals surface area contributed by atoms with Crippen LogP contribution in [0.25, 0.3) is 46.4 Å². The average molecular weight is 514 g/mol. The molecule has 4 aromatic rings. The first-order chi connectivity index (χ1) is 16.0. The number of sulfone groups is 1. The van der Waals surface area contributed by atoms with Crippen LogP contribution < -0.4 is 0 Å². The van der Waals surface area contributed by atoms with E-state index in [4.69, 9.17) is 0 Å². The summed E-state index contributed by atoms with van der Waals surface area (Å²) >= 11 is 0. The number of fused-ring (bicyclic) bond motifs is 8. The predicted octanol–water partition coefficient (Wildman–Crippen LogP) is 5.49. The minimum Gasteiger partial charge on any atom is -0.355 e. The van der Waals surface area contributed by atoms with E-state index in [0.29, 0.717) is 16.7 Å². The SMILES string of the molecule is O=S(=O)(c1ccccc1)c1cc2cc3nc(cc4ccc(cc5nc(cc1[nH]2)C=C5)[nH]4)C=C3.[Cu]. The summed E-state index contributed by atoms with van der Waals surface area (Å²) in [4.78, 5) is 16.3. The molecule has 2 aliphatic rings. The second kappa shape index (κ2) is 8.57. The third-order valence-electron chi connectivity index (χ3n) is 5.47. The van der Waals surface area contributed by atoms with Gasteiger partial charge in [-0.25, -0.2) is 18.4 Å². The zero-order valence-corrected chi connectivity index (χ0v) is 19.4. The zero-order chi connectivity index (χ0) is 22.4. The molecule has 5 heterocycles. The van der Waals surface area contributed by atoms with Crippen LogP contribution in [0.1, 0.15) is 22.8 Å². The van der Waals surface area contributed by atoms with E-state index < -0.39 is 9.84 Å². The Bertz CT molecular complexity index is 1730. The molecule has 8 heteroatoms. The smallest absolute Gasteiger partial charge is 0.208 e. The van der Waals surface area contributed by atoms with Crippen molar-refractivity contribution in [1.82, 2.24) is 19.9 Å². The monoisotopic (exact) mass is 513 g/mol. The second-order valence-electron chi connectivity index (χ2n) is 7.86. The van der Waals surface area contributed by atoms with Gasteiger partial charge in [-0.3, -0.25) is 0 Å². The normalized spacial score (nSPS) is 12.5. The number of benzene rings is 1. The fraction of sp³-hybridized carbons (Fsp3) is 0. The van der Waals surface area contributed by atoms with Gasteiger partial charge in [0.2, 0.25) is 9.84 Å². The van der Waals surface area contributed by atoms with Crippen molar-refractivity contribution < 1.29 is 25.5 Å². The van der Waals surface area contributed by atoms with Crippen molar-refractivity contribution in [3.63, 3.8) is 0 Å². The molecule has 0 fully saturated rings. The zero-order valence-electron chi connectivity index (χ0n) is 17.7. The minimum absolute atomic E-state index is 0. The molecule has 6 nitrogen and oxygen atoms in total. The Hall–Kier alpha value is -3.71. The molecule has 0 aliphatic carbocycles. The van der Waals surface area contributed by atoms with Crippen LogP contribution in [0, 0.1) is 0 Å². The maximum absolute atomic E-state index is 13.4. The molecule has 2 N–H and O–H groups in total. The molecular formula is C26H18CuN4O2S. The molecule has 1 aromatic carbocycles. The van der Waals surface area contributed by atoms with Gasteiger partial charge in [-0.15, -0.1) is 0 Å². The molecule has 0 saturated carbocycles. The topological polar surface area (TPSA) is 91.5 Å². The number of nitrogens with zero attached hydrogens (tertiary/aromatic N) is 2. The van der Waals surface area contributed by atoms with Crippen molar-refractivity contribution in [2.75, 3.05) is 0 Å². The largest absolute Gasteiger partial charge is 0.355 e. The summed E-state index contributed by atoms with van der Waals surface area (Å²) in [5.41, 5.74) is 5.97. The fourth-order valence-corrected chi connectivity index (χ4v) is 5.39. The quantitative estimate of drug-likeness (QED) is 0.300. The van der Waals surface area contributed by atoms with Crippen molar-refractivity contribution in [1.29, 1.82) is 0 Å². The molecule has 0 atom stereocenters. The summed E-state index contributed by atoms with van der Waals surface area (Å²) in [7, 11) is -3.73. The van der Waals surface area contributed by atoms with Crippen LogP contribution in [0.4, 0.5) is 0 Å². The van der Waals surface area contributed by atoms with E-state index in [9.17, 15) is 8.42 Å². The second-order valence-corrected chi connectivity index (χ2v) is 9.77. The van der Waals surface area contributed by atoms with Crippen LogP contribution in [0.3, 0.4) is 0 Å². The van der Waals surface area contributed by atoms with Gasteiger partial charge in [0.05, 0.1) is 38.1 Å². The van der Waals surface area contributed by atoms with E-state index in [0.717, 1.165) is 28.1 Å². The van der Waals surface area contributed by atoms with Crippen molar-refractivity contribution in [2.24, 2.45) is 0 Å². The van der Waals surface area contributed by atoms with Gasteiger partial charge >= 0.3 is 0 Å². The first kappa shape index (κ1) is 22.1. The van der Waals surface area contributed by atoms with E-state index in [2.05, 4.69) is 19.9 Å². The summed E-state index contributed by atoms with van der Waals surface area (Å²) in [5.74, 6) is 0. The standard InChI is InChI=1S/C26H18N4O2S.Cu/c31-33(32,24-4-2-1-3-5-24)26-16-23-14-21-9-8-19(28-21)12-17-6-7-18(27-17)13-20-10-11-22(29-20)15-25(26)30-23;/h1-16,27,30H;. The Morgan fingerprint density at radius 1 is 0.588 bits per heavy atom. The predicted molar refractivity (Wildman–Crippen MR) is 131 cm³/mol. The third kappa shape index (κ3) is 4.15. The Kier molecular flexibility index (Phi) is 5.57. The van der Waals surface area contributed by atoms with Gasteiger partial charge < -0.3 is 9.97 Å². The molecule has 171 valence electrons. The van der Waals surface area contributed by atoms with Gasteiger partial charge in [0.1, 0.15) is 0 Å². The van der Waals surface area contributed by atoms with Crippen molar-refractivity contribution in [3.8, 4) is 0 Å². The maximum atomic E-state index is 13.4. The summed E-state index contributed by atoms with van der Waals surface area (Å²) in [5, 5.41) is 0. The van der Waals surface area contributed by atoms with Gasteiger partial charge in [0.15, 0.2) is 0 Å². The average Bonchev–Trinajstić information content (AvgIpc) is 3.59. The van der Waals surface area contributed by atoms with Crippen LogP contribution in [0.5, 0.6) is 0 Å². The molecule has 3 aromatic heterocycles. The van der Waals surface area contributed by atoms with E-state index in [1.165, 1.54) is 0 Å². The molecule has 34 heavy (non-hydrogen) atoms. The maximum Gasteiger partial charge on any atom is 0.208 e. The van der Waals surface area contributed by atoms with Gasteiger partial charge in [-0.1, -0.05) is 18.2 Å². The Balaban J connectivity index is 0.00000241. The molecule has 0 amide bonds. The Labute approximate surface area is 206 Å². The summed E-state index contributed by atoms with van der Waals surface area (Å²) in [6.45, 7) is 0. The van der Waals surface area contributed by atoms with Crippen LogP contribution in [0.2, 0.25) is 0 Å². The van der Waals surface area contributed by atoms with Gasteiger partial charge in [-0.05, 0) is 78.9 Å². The minimum atomic E-state index is -3.73. The number of H-pyrrole nitrogens is 2. The van der Waals surface area contributed by atoms with Crippen LogP contribution in [0.15, 0.2) is 82.6 Å². The molecule has 0 spiro atoms. The fourth-order valence-electron chi connectivity index (χ4n) is 3.94. The van der Waals surface area contributed by atoms with Crippen molar-refractivity contribution in [3.05, 3.63) is 95.6 Å². The molecule has 0 saturated heterocycles. The number of aromatic amines is 2. The number of hydrogen-bond donors (Lipinski definition) is 2. The Morgan fingerprint density at radius 2 is 1.12 bits per heavy atom. The molecule has 6 rings (SSSR count). The van der Waals surface area contributed by atoms with Crippen molar-refractivity contribution >= 4 is 56.2 Å². The van der Waals surface area contributed by atoms with Crippen LogP contribution >= 0.6 is 0 Å². The van der Waals surface area contributed by atoms with E-state index >= 15 is 0 Å². The molecular weight excluding hydrogens is 496 g/mol. The summed E-state index contributed by atoms with van der Waals surface area (Å²) in [6.07, 6.45) is 7.60. The number of aromatic nitrogens is 4. The molecule has 8 bridgehead atoms. The van der Waals surface area contributed by atoms with E-state index in [-0.39, 0.29) is 26.9 Å². The number of rotatable bonds is 2. The van der Waals surface area contributed by atoms with Gasteiger partial charge in [-0.2, -0.15) is 0 Å². The van der Waals surface area contributed by atoms with E-state index in [1.54, 1.807) is 42.5 Å². The van der Waals surface area contributed by atoms with Crippen LogP contribution in [-0.4, -0.2) is 28.4 Å². The Morgan fingerprint density at radius 3 is 1.71 bits per heavy atom. The first-order valence-electron chi connectivity index (χ1n) is 10.4. The third-order valence-corrected chi connectivity index (χ3v) is 7.28. The van der Waals surface area contributed by atoms with Crippen LogP contribution in [-0.2, 0) is 26.9 Å². The molecule has 1 radical (unpaired) electrons. The molecule has 0 unspecified atom stereocenters. The summed E-state index contributed by atoms with van der Waals surface area (Å²) < 4.78 is 26.9. The number of hydrogen-bond acceptors (Lipinski definition) is 4.